The molecule has 0 atom stereocenters. The molecule has 0 amide bonds. The van der Waals surface area contributed by atoms with Crippen LogP contribution in [0.4, 0.5) is 0 Å². The quantitative estimate of drug-likeness (QED) is 0.483. The SMILES string of the molecule is [B]OC(=C(C#N)c1nc(C)oc1C)c1nc(C)oc1C. The van der Waals surface area contributed by atoms with Crippen LogP contribution in [0.2, 0.25) is 0 Å². The molecule has 0 saturated heterocycles. The molecule has 0 aliphatic carbocycles. The molecule has 0 spiro atoms. The Morgan fingerprint density at radius 1 is 1.05 bits per heavy atom. The van der Waals surface area contributed by atoms with Gasteiger partial charge in [-0.3, -0.25) is 0 Å². The molecule has 2 aromatic rings. The molecule has 6 nitrogen and oxygen atoms in total. The van der Waals surface area contributed by atoms with E-state index in [4.69, 9.17) is 21.5 Å². The molecule has 0 bridgehead atoms. The Kier molecular flexibility index (Phi) is 3.66. The van der Waals surface area contributed by atoms with Crippen LogP contribution in [0.15, 0.2) is 8.83 Å². The number of aromatic nitrogens is 2. The predicted octanol–water partition coefficient (Wildman–Crippen LogP) is 2.39. The van der Waals surface area contributed by atoms with Gasteiger partial charge in [0.1, 0.15) is 40.3 Å². The molecule has 2 heterocycles. The van der Waals surface area contributed by atoms with Crippen LogP contribution in [0.1, 0.15) is 34.7 Å². The highest BCUT2D eigenvalue weighted by atomic mass is 16.4. The standard InChI is InChI=1S/C13H12BN3O3/c1-6-11(16-8(3)18-6)10(5-15)13(20-14)12-7(2)19-9(4)17-12/h1-4H3. The first kappa shape index (κ1) is 13.9. The maximum absolute atomic E-state index is 9.39. The molecule has 0 fully saturated rings. The van der Waals surface area contributed by atoms with Crippen molar-refractivity contribution < 1.29 is 13.5 Å². The Labute approximate surface area is 117 Å². The van der Waals surface area contributed by atoms with Crippen molar-refractivity contribution in [1.82, 2.24) is 9.97 Å². The van der Waals surface area contributed by atoms with E-state index in [0.29, 0.717) is 34.7 Å². The molecule has 7 heteroatoms. The fraction of sp³-hybridized carbons (Fsp3) is 0.308. The first-order valence-electron chi connectivity index (χ1n) is 5.87. The summed E-state index contributed by atoms with van der Waals surface area (Å²) in [4.78, 5) is 8.34. The number of nitriles is 1. The van der Waals surface area contributed by atoms with Crippen molar-refractivity contribution in [2.45, 2.75) is 27.7 Å². The Balaban J connectivity index is 2.69. The minimum Gasteiger partial charge on any atom is -0.565 e. The molecule has 2 aromatic heterocycles. The van der Waals surface area contributed by atoms with Crippen LogP contribution in [0.5, 0.6) is 0 Å². The summed E-state index contributed by atoms with van der Waals surface area (Å²) in [5, 5.41) is 9.39. The first-order valence-corrected chi connectivity index (χ1v) is 5.87. The second-order valence-corrected chi connectivity index (χ2v) is 4.21. The van der Waals surface area contributed by atoms with E-state index in [1.807, 2.05) is 6.07 Å². The highest BCUT2D eigenvalue weighted by Crippen LogP contribution is 2.29. The first-order chi connectivity index (χ1) is 9.47. The highest BCUT2D eigenvalue weighted by Gasteiger charge is 2.22. The molecule has 0 aromatic carbocycles. The van der Waals surface area contributed by atoms with E-state index in [2.05, 4.69) is 9.97 Å². The summed E-state index contributed by atoms with van der Waals surface area (Å²) in [5.74, 6) is 2.03. The normalized spacial score (nSPS) is 11.9. The Morgan fingerprint density at radius 3 is 1.90 bits per heavy atom. The lowest BCUT2D eigenvalue weighted by molar-refractivity contribution is 0.491. The summed E-state index contributed by atoms with van der Waals surface area (Å²) >= 11 is 0. The van der Waals surface area contributed by atoms with Crippen molar-refractivity contribution in [3.8, 4) is 6.07 Å². The smallest absolute Gasteiger partial charge is 0.374 e. The van der Waals surface area contributed by atoms with Crippen LogP contribution in [-0.2, 0) is 4.65 Å². The van der Waals surface area contributed by atoms with Gasteiger partial charge in [-0.2, -0.15) is 5.26 Å². The van der Waals surface area contributed by atoms with Gasteiger partial charge in [0.15, 0.2) is 11.8 Å². The van der Waals surface area contributed by atoms with Gasteiger partial charge in [-0.25, -0.2) is 9.97 Å². The van der Waals surface area contributed by atoms with E-state index in [0.717, 1.165) is 0 Å². The van der Waals surface area contributed by atoms with E-state index < -0.39 is 0 Å². The zero-order valence-electron chi connectivity index (χ0n) is 11.6. The zero-order valence-corrected chi connectivity index (χ0v) is 11.6. The molecular formula is C13H12BN3O3. The van der Waals surface area contributed by atoms with Gasteiger partial charge < -0.3 is 13.5 Å². The molecule has 100 valence electrons. The van der Waals surface area contributed by atoms with Gasteiger partial charge in [0.2, 0.25) is 0 Å². The summed E-state index contributed by atoms with van der Waals surface area (Å²) in [6.07, 6.45) is 0. The lowest BCUT2D eigenvalue weighted by Crippen LogP contribution is -1.98. The molecule has 20 heavy (non-hydrogen) atoms. The van der Waals surface area contributed by atoms with E-state index in [1.54, 1.807) is 27.7 Å². The Morgan fingerprint density at radius 2 is 1.55 bits per heavy atom. The van der Waals surface area contributed by atoms with Crippen LogP contribution >= 0.6 is 0 Å². The van der Waals surface area contributed by atoms with E-state index in [-0.39, 0.29) is 11.3 Å². The van der Waals surface area contributed by atoms with Gasteiger partial charge in [0, 0.05) is 13.8 Å². The third-order valence-corrected chi connectivity index (χ3v) is 2.72. The highest BCUT2D eigenvalue weighted by molar-refractivity contribution is 6.06. The molecule has 2 radical (unpaired) electrons. The topological polar surface area (TPSA) is 85.1 Å². The van der Waals surface area contributed by atoms with E-state index in [1.165, 1.54) is 0 Å². The van der Waals surface area contributed by atoms with E-state index in [9.17, 15) is 5.26 Å². The van der Waals surface area contributed by atoms with Gasteiger partial charge in [-0.1, -0.05) is 0 Å². The average molecular weight is 269 g/mol. The number of allylic oxidation sites excluding steroid dienone is 1. The minimum atomic E-state index is 0.109. The summed E-state index contributed by atoms with van der Waals surface area (Å²) in [6.45, 7) is 6.81. The van der Waals surface area contributed by atoms with Gasteiger partial charge in [-0.15, -0.1) is 0 Å². The number of rotatable bonds is 3. The summed E-state index contributed by atoms with van der Waals surface area (Å²) in [6, 6.07) is 2.03. The molecule has 0 aliphatic heterocycles. The second kappa shape index (κ2) is 5.25. The number of aryl methyl sites for hydroxylation is 4. The van der Waals surface area contributed by atoms with Crippen LogP contribution in [0.25, 0.3) is 11.3 Å². The Hall–Kier alpha value is -2.49. The summed E-state index contributed by atoms with van der Waals surface area (Å²) in [5.41, 5.74) is 0.908. The third-order valence-electron chi connectivity index (χ3n) is 2.72. The fourth-order valence-corrected chi connectivity index (χ4v) is 1.94. The van der Waals surface area contributed by atoms with Crippen LogP contribution in [0.3, 0.4) is 0 Å². The molecule has 0 aliphatic rings. The van der Waals surface area contributed by atoms with E-state index >= 15 is 0 Å². The molecule has 0 N–H and O–H groups in total. The van der Waals surface area contributed by atoms with Crippen LogP contribution < -0.4 is 0 Å². The van der Waals surface area contributed by atoms with Crippen molar-refractivity contribution in [3.05, 3.63) is 34.7 Å². The van der Waals surface area contributed by atoms with Crippen LogP contribution in [0, 0.1) is 39.0 Å². The number of hydrogen-bond acceptors (Lipinski definition) is 6. The lowest BCUT2D eigenvalue weighted by atomic mass is 10.1. The largest absolute Gasteiger partial charge is 0.565 e. The zero-order chi connectivity index (χ0) is 14.9. The third kappa shape index (κ3) is 2.32. The monoisotopic (exact) mass is 269 g/mol. The molecular weight excluding hydrogens is 257 g/mol. The molecule has 0 unspecified atom stereocenters. The summed E-state index contributed by atoms with van der Waals surface area (Å²) < 4.78 is 15.5. The minimum absolute atomic E-state index is 0.109. The number of nitrogens with zero attached hydrogens (tertiary/aromatic N) is 3. The van der Waals surface area contributed by atoms with Gasteiger partial charge in [-0.05, 0) is 13.8 Å². The lowest BCUT2D eigenvalue weighted by Gasteiger charge is -2.06. The second-order valence-electron chi connectivity index (χ2n) is 4.21. The summed E-state index contributed by atoms with van der Waals surface area (Å²) in [7, 11) is 5.30. The van der Waals surface area contributed by atoms with Gasteiger partial charge in [0.05, 0.1) is 0 Å². The van der Waals surface area contributed by atoms with Crippen molar-refractivity contribution in [2.24, 2.45) is 0 Å². The number of hydrogen-bond donors (Lipinski definition) is 0. The van der Waals surface area contributed by atoms with Crippen LogP contribution in [-0.4, -0.2) is 18.0 Å². The maximum Gasteiger partial charge on any atom is 0.374 e. The molecule has 0 saturated carbocycles. The van der Waals surface area contributed by atoms with Crippen molar-refractivity contribution in [1.29, 1.82) is 5.26 Å². The van der Waals surface area contributed by atoms with Gasteiger partial charge >= 0.3 is 8.05 Å². The average Bonchev–Trinajstić information content (AvgIpc) is 2.88. The maximum atomic E-state index is 9.39. The Bertz CT molecular complexity index is 722. The van der Waals surface area contributed by atoms with Crippen molar-refractivity contribution >= 4 is 19.4 Å². The predicted molar refractivity (Wildman–Crippen MR) is 71.2 cm³/mol. The van der Waals surface area contributed by atoms with Gasteiger partial charge in [0.25, 0.3) is 0 Å². The van der Waals surface area contributed by atoms with Crippen molar-refractivity contribution in [2.75, 3.05) is 0 Å². The van der Waals surface area contributed by atoms with Crippen molar-refractivity contribution in [3.63, 3.8) is 0 Å². The number of oxazole rings is 2. The molecule has 2 rings (SSSR count). The fourth-order valence-electron chi connectivity index (χ4n) is 1.94.